The molecule has 1 aliphatic heterocycles. The summed E-state index contributed by atoms with van der Waals surface area (Å²) in [6.07, 6.45) is 2.99. The zero-order valence-electron chi connectivity index (χ0n) is 10.9. The van der Waals surface area contributed by atoms with E-state index in [1.807, 2.05) is 0 Å². The molecule has 1 aromatic rings. The molecule has 0 spiro atoms. The molecule has 1 amide bonds. The van der Waals surface area contributed by atoms with Gasteiger partial charge in [-0.2, -0.15) is 8.78 Å². The Hall–Kier alpha value is -1.14. The Morgan fingerprint density at radius 3 is 2.70 bits per heavy atom. The Morgan fingerprint density at radius 1 is 1.25 bits per heavy atom. The molecule has 3 rings (SSSR count). The van der Waals surface area contributed by atoms with Gasteiger partial charge < -0.3 is 10.2 Å². The number of carbonyl (C=O) groups is 1. The fraction of sp³-hybridized carbons (Fsp3) is 0.500. The molecule has 108 valence electrons. The van der Waals surface area contributed by atoms with Crippen LogP contribution in [0.4, 0.5) is 14.5 Å². The van der Waals surface area contributed by atoms with E-state index in [1.54, 1.807) is 29.2 Å². The van der Waals surface area contributed by atoms with Crippen molar-refractivity contribution in [3.8, 4) is 0 Å². The second kappa shape index (κ2) is 5.69. The molecule has 1 saturated carbocycles. The number of rotatable bonds is 5. The van der Waals surface area contributed by atoms with Crippen LogP contribution in [-0.4, -0.2) is 30.3 Å². The van der Waals surface area contributed by atoms with Gasteiger partial charge >= 0.3 is 0 Å². The number of nitrogens with zero attached hydrogens (tertiary/aromatic N) is 1. The first-order valence-electron chi connectivity index (χ1n) is 6.76. The van der Waals surface area contributed by atoms with Gasteiger partial charge in [-0.3, -0.25) is 4.79 Å². The van der Waals surface area contributed by atoms with E-state index in [0.717, 1.165) is 19.3 Å². The highest BCUT2D eigenvalue weighted by Gasteiger charge is 2.36. The van der Waals surface area contributed by atoms with Gasteiger partial charge in [-0.05, 0) is 31.4 Å². The molecule has 1 atom stereocenters. The molecule has 1 heterocycles. The number of carbonyl (C=O) groups excluding carboxylic acids is 1. The first kappa shape index (κ1) is 13.8. The average Bonchev–Trinajstić information content (AvgIpc) is 3.15. The van der Waals surface area contributed by atoms with E-state index in [-0.39, 0.29) is 11.9 Å². The molecule has 20 heavy (non-hydrogen) atoms. The Balaban J connectivity index is 1.77. The molecule has 6 heteroatoms. The number of hydrogen-bond donors (Lipinski definition) is 1. The van der Waals surface area contributed by atoms with E-state index in [1.165, 1.54) is 0 Å². The fourth-order valence-electron chi connectivity index (χ4n) is 2.48. The van der Waals surface area contributed by atoms with E-state index in [4.69, 9.17) is 0 Å². The fourth-order valence-corrected chi connectivity index (χ4v) is 3.13. The van der Waals surface area contributed by atoms with Crippen LogP contribution in [0.5, 0.6) is 0 Å². The van der Waals surface area contributed by atoms with Gasteiger partial charge in [-0.25, -0.2) is 0 Å². The Bertz CT molecular complexity index is 508. The second-order valence-electron chi connectivity index (χ2n) is 5.12. The summed E-state index contributed by atoms with van der Waals surface area (Å²) in [6, 6.07) is 7.18. The lowest BCUT2D eigenvalue weighted by atomic mass is 10.2. The highest BCUT2D eigenvalue weighted by atomic mass is 32.2. The SMILES string of the molecule is O=C1C(NC2CC2)CCN1c1ccccc1SC(F)F. The van der Waals surface area contributed by atoms with Crippen molar-refractivity contribution in [2.75, 3.05) is 11.4 Å². The third kappa shape index (κ3) is 2.96. The van der Waals surface area contributed by atoms with Crippen molar-refractivity contribution in [1.29, 1.82) is 0 Å². The van der Waals surface area contributed by atoms with Crippen molar-refractivity contribution < 1.29 is 13.6 Å². The molecule has 1 aliphatic carbocycles. The molecule has 1 unspecified atom stereocenters. The summed E-state index contributed by atoms with van der Waals surface area (Å²) in [5.74, 6) is -2.48. The Morgan fingerprint density at radius 2 is 2.00 bits per heavy atom. The molecule has 0 radical (unpaired) electrons. The van der Waals surface area contributed by atoms with Gasteiger partial charge in [0, 0.05) is 17.5 Å². The zero-order valence-corrected chi connectivity index (χ0v) is 11.7. The van der Waals surface area contributed by atoms with Crippen molar-refractivity contribution in [1.82, 2.24) is 5.32 Å². The minimum atomic E-state index is -2.48. The normalized spacial score (nSPS) is 22.9. The summed E-state index contributed by atoms with van der Waals surface area (Å²) in [4.78, 5) is 14.5. The maximum atomic E-state index is 12.6. The minimum absolute atomic E-state index is 0.000726. The van der Waals surface area contributed by atoms with Crippen LogP contribution in [0.2, 0.25) is 0 Å². The number of nitrogens with one attached hydrogen (secondary N) is 1. The lowest BCUT2D eigenvalue weighted by Crippen LogP contribution is -2.39. The number of halogens is 2. The topological polar surface area (TPSA) is 32.3 Å². The van der Waals surface area contributed by atoms with Crippen molar-refractivity contribution >= 4 is 23.4 Å². The van der Waals surface area contributed by atoms with Crippen LogP contribution in [0.15, 0.2) is 29.2 Å². The molecule has 0 aromatic heterocycles. The van der Waals surface area contributed by atoms with Gasteiger partial charge in [0.2, 0.25) is 5.91 Å². The highest BCUT2D eigenvalue weighted by molar-refractivity contribution is 7.99. The maximum Gasteiger partial charge on any atom is 0.288 e. The van der Waals surface area contributed by atoms with Gasteiger partial charge in [0.25, 0.3) is 5.76 Å². The predicted octanol–water partition coefficient (Wildman–Crippen LogP) is 2.86. The van der Waals surface area contributed by atoms with Gasteiger partial charge in [-0.15, -0.1) is 0 Å². The molecular weight excluding hydrogens is 282 g/mol. The summed E-state index contributed by atoms with van der Waals surface area (Å²) < 4.78 is 25.2. The van der Waals surface area contributed by atoms with E-state index in [0.29, 0.717) is 34.9 Å². The quantitative estimate of drug-likeness (QED) is 0.848. The summed E-state index contributed by atoms with van der Waals surface area (Å²) in [6.45, 7) is 0.587. The predicted molar refractivity (Wildman–Crippen MR) is 75.2 cm³/mol. The van der Waals surface area contributed by atoms with E-state index in [2.05, 4.69) is 5.32 Å². The Kier molecular flexibility index (Phi) is 3.94. The molecule has 2 aliphatic rings. The standard InChI is InChI=1S/C14H16F2N2OS/c15-14(16)20-12-4-2-1-3-11(12)18-8-7-10(13(18)19)17-9-5-6-9/h1-4,9-10,14,17H,5-8H2. The number of para-hydroxylation sites is 1. The summed E-state index contributed by atoms with van der Waals surface area (Å²) in [7, 11) is 0. The number of thioether (sulfide) groups is 1. The second-order valence-corrected chi connectivity index (χ2v) is 6.15. The summed E-state index contributed by atoms with van der Waals surface area (Å²) in [5, 5.41) is 3.32. The molecule has 1 N–H and O–H groups in total. The lowest BCUT2D eigenvalue weighted by molar-refractivity contribution is -0.118. The number of benzene rings is 1. The number of amides is 1. The molecule has 2 fully saturated rings. The molecule has 0 bridgehead atoms. The van der Waals surface area contributed by atoms with Crippen molar-refractivity contribution in [2.24, 2.45) is 0 Å². The van der Waals surface area contributed by atoms with Crippen LogP contribution in [0, 0.1) is 0 Å². The van der Waals surface area contributed by atoms with Crippen LogP contribution < -0.4 is 10.2 Å². The molecular formula is C14H16F2N2OS. The van der Waals surface area contributed by atoms with Gasteiger partial charge in [0.1, 0.15) is 0 Å². The van der Waals surface area contributed by atoms with Crippen molar-refractivity contribution in [2.45, 2.75) is 42.0 Å². The van der Waals surface area contributed by atoms with Crippen LogP contribution in [0.25, 0.3) is 0 Å². The van der Waals surface area contributed by atoms with Crippen molar-refractivity contribution in [3.63, 3.8) is 0 Å². The van der Waals surface area contributed by atoms with E-state index in [9.17, 15) is 13.6 Å². The molecule has 1 saturated heterocycles. The largest absolute Gasteiger partial charge is 0.310 e. The third-order valence-electron chi connectivity index (χ3n) is 3.59. The maximum absolute atomic E-state index is 12.6. The number of alkyl halides is 2. The van der Waals surface area contributed by atoms with Crippen molar-refractivity contribution in [3.05, 3.63) is 24.3 Å². The van der Waals surface area contributed by atoms with Gasteiger partial charge in [-0.1, -0.05) is 23.9 Å². The molecule has 3 nitrogen and oxygen atoms in total. The first-order valence-corrected chi connectivity index (χ1v) is 7.64. The van der Waals surface area contributed by atoms with E-state index < -0.39 is 5.76 Å². The van der Waals surface area contributed by atoms with Crippen LogP contribution in [0.3, 0.4) is 0 Å². The average molecular weight is 298 g/mol. The smallest absolute Gasteiger partial charge is 0.288 e. The summed E-state index contributed by atoms with van der Waals surface area (Å²) >= 11 is 0.494. The van der Waals surface area contributed by atoms with Gasteiger partial charge in [0.05, 0.1) is 11.7 Å². The number of hydrogen-bond acceptors (Lipinski definition) is 3. The first-order chi connectivity index (χ1) is 9.65. The Labute approximate surface area is 120 Å². The van der Waals surface area contributed by atoms with Crippen LogP contribution >= 0.6 is 11.8 Å². The minimum Gasteiger partial charge on any atom is -0.310 e. The number of anilines is 1. The van der Waals surface area contributed by atoms with Crippen LogP contribution in [-0.2, 0) is 4.79 Å². The lowest BCUT2D eigenvalue weighted by Gasteiger charge is -2.20. The van der Waals surface area contributed by atoms with Crippen LogP contribution in [0.1, 0.15) is 19.3 Å². The third-order valence-corrected chi connectivity index (χ3v) is 4.37. The highest BCUT2D eigenvalue weighted by Crippen LogP contribution is 2.36. The monoisotopic (exact) mass is 298 g/mol. The van der Waals surface area contributed by atoms with Gasteiger partial charge in [0.15, 0.2) is 0 Å². The molecule has 1 aromatic carbocycles. The van der Waals surface area contributed by atoms with E-state index >= 15 is 0 Å². The summed E-state index contributed by atoms with van der Waals surface area (Å²) in [5.41, 5.74) is 0.600. The zero-order chi connectivity index (χ0) is 14.1.